The van der Waals surface area contributed by atoms with Crippen LogP contribution in [-0.4, -0.2) is 17.9 Å². The number of hydrogen-bond donors (Lipinski definition) is 0. The van der Waals surface area contributed by atoms with E-state index < -0.39 is 11.6 Å². The highest BCUT2D eigenvalue weighted by Crippen LogP contribution is 2.23. The molecule has 2 aromatic rings. The lowest BCUT2D eigenvalue weighted by atomic mass is 10.1. The third-order valence-electron chi connectivity index (χ3n) is 2.91. The van der Waals surface area contributed by atoms with Crippen LogP contribution in [0, 0.1) is 11.6 Å². The summed E-state index contributed by atoms with van der Waals surface area (Å²) in [6.45, 7) is 0.152. The minimum Gasteiger partial charge on any atom is -0.337 e. The Hall–Kier alpha value is -1.46. The normalized spacial score (nSPS) is 10.5. The number of nitrogens with zero attached hydrogens (tertiary/aromatic N) is 1. The fraction of sp³-hybridized carbons (Fsp3) is 0.133. The van der Waals surface area contributed by atoms with E-state index in [1.807, 2.05) is 0 Å². The van der Waals surface area contributed by atoms with E-state index in [4.69, 9.17) is 11.6 Å². The minimum absolute atomic E-state index is 0.152. The molecule has 1 amide bonds. The maximum absolute atomic E-state index is 13.2. The summed E-state index contributed by atoms with van der Waals surface area (Å²) in [5, 5.41) is 0.334. The Morgan fingerprint density at radius 3 is 2.57 bits per heavy atom. The van der Waals surface area contributed by atoms with Gasteiger partial charge in [-0.2, -0.15) is 0 Å². The van der Waals surface area contributed by atoms with Crippen LogP contribution in [0.2, 0.25) is 5.02 Å². The molecular weight excluding hydrogens is 364 g/mol. The standard InChI is InChI=1S/C15H11BrClF2NO/c1-20(8-9-2-5-13(18)14(19)6-9)15(21)11-7-10(16)3-4-12(11)17/h2-7H,8H2,1H3. The Kier molecular flexibility index (Phi) is 4.96. The van der Waals surface area contributed by atoms with Crippen molar-refractivity contribution in [2.24, 2.45) is 0 Å². The molecule has 0 fully saturated rings. The molecule has 0 aliphatic heterocycles. The van der Waals surface area contributed by atoms with Crippen LogP contribution in [0.25, 0.3) is 0 Å². The van der Waals surface area contributed by atoms with E-state index in [9.17, 15) is 13.6 Å². The Labute approximate surface area is 134 Å². The van der Waals surface area contributed by atoms with E-state index in [0.717, 1.165) is 16.6 Å². The van der Waals surface area contributed by atoms with Crippen molar-refractivity contribution in [1.29, 1.82) is 0 Å². The van der Waals surface area contributed by atoms with Gasteiger partial charge in [-0.15, -0.1) is 0 Å². The molecule has 110 valence electrons. The quantitative estimate of drug-likeness (QED) is 0.765. The zero-order chi connectivity index (χ0) is 15.6. The van der Waals surface area contributed by atoms with Gasteiger partial charge < -0.3 is 4.90 Å². The molecule has 2 aromatic carbocycles. The van der Waals surface area contributed by atoms with E-state index in [0.29, 0.717) is 16.1 Å². The van der Waals surface area contributed by atoms with Gasteiger partial charge in [-0.05, 0) is 35.9 Å². The van der Waals surface area contributed by atoms with Gasteiger partial charge >= 0.3 is 0 Å². The largest absolute Gasteiger partial charge is 0.337 e. The third kappa shape index (κ3) is 3.80. The third-order valence-corrected chi connectivity index (χ3v) is 3.73. The molecule has 0 spiro atoms. The van der Waals surface area contributed by atoms with Crippen molar-refractivity contribution in [2.75, 3.05) is 7.05 Å². The van der Waals surface area contributed by atoms with Gasteiger partial charge in [-0.1, -0.05) is 33.6 Å². The molecular formula is C15H11BrClF2NO. The molecule has 0 radical (unpaired) electrons. The lowest BCUT2D eigenvalue weighted by Crippen LogP contribution is -2.26. The fourth-order valence-corrected chi connectivity index (χ4v) is 2.41. The molecule has 0 aliphatic carbocycles. The predicted molar refractivity (Wildman–Crippen MR) is 81.3 cm³/mol. The zero-order valence-electron chi connectivity index (χ0n) is 11.0. The number of halogens is 4. The molecule has 0 N–H and O–H groups in total. The van der Waals surface area contributed by atoms with Crippen LogP contribution in [0.4, 0.5) is 8.78 Å². The Morgan fingerprint density at radius 1 is 1.19 bits per heavy atom. The molecule has 0 heterocycles. The summed E-state index contributed by atoms with van der Waals surface area (Å²) < 4.78 is 26.8. The van der Waals surface area contributed by atoms with Gasteiger partial charge in [0.05, 0.1) is 10.6 Å². The second-order valence-corrected chi connectivity index (χ2v) is 5.86. The summed E-state index contributed by atoms with van der Waals surface area (Å²) in [5.41, 5.74) is 0.840. The summed E-state index contributed by atoms with van der Waals surface area (Å²) in [6, 6.07) is 8.51. The molecule has 21 heavy (non-hydrogen) atoms. The highest BCUT2D eigenvalue weighted by atomic mass is 79.9. The van der Waals surface area contributed by atoms with Gasteiger partial charge in [0.25, 0.3) is 5.91 Å². The van der Waals surface area contributed by atoms with Gasteiger partial charge in [0.1, 0.15) is 0 Å². The first-order chi connectivity index (χ1) is 9.88. The first-order valence-corrected chi connectivity index (χ1v) is 7.20. The highest BCUT2D eigenvalue weighted by Gasteiger charge is 2.16. The lowest BCUT2D eigenvalue weighted by molar-refractivity contribution is 0.0785. The summed E-state index contributed by atoms with van der Waals surface area (Å²) >= 11 is 9.28. The van der Waals surface area contributed by atoms with E-state index >= 15 is 0 Å². The maximum atomic E-state index is 13.2. The van der Waals surface area contributed by atoms with Crippen LogP contribution in [-0.2, 0) is 6.54 Å². The van der Waals surface area contributed by atoms with E-state index in [-0.39, 0.29) is 12.5 Å². The van der Waals surface area contributed by atoms with Crippen molar-refractivity contribution in [1.82, 2.24) is 4.90 Å². The minimum atomic E-state index is -0.936. The summed E-state index contributed by atoms with van der Waals surface area (Å²) in [5.74, 6) is -2.15. The smallest absolute Gasteiger partial charge is 0.255 e. The van der Waals surface area contributed by atoms with Crippen LogP contribution in [0.1, 0.15) is 15.9 Å². The first kappa shape index (κ1) is 15.9. The van der Waals surface area contributed by atoms with E-state index in [1.54, 1.807) is 25.2 Å². The van der Waals surface area contributed by atoms with Gasteiger partial charge in [0.15, 0.2) is 11.6 Å². The summed E-state index contributed by atoms with van der Waals surface area (Å²) in [6.07, 6.45) is 0. The number of hydrogen-bond acceptors (Lipinski definition) is 1. The molecule has 0 aliphatic rings. The van der Waals surface area contributed by atoms with Crippen molar-refractivity contribution in [2.45, 2.75) is 6.54 Å². The van der Waals surface area contributed by atoms with Crippen molar-refractivity contribution < 1.29 is 13.6 Å². The molecule has 0 atom stereocenters. The van der Waals surface area contributed by atoms with Crippen LogP contribution in [0.15, 0.2) is 40.9 Å². The van der Waals surface area contributed by atoms with Crippen molar-refractivity contribution in [3.8, 4) is 0 Å². The Morgan fingerprint density at radius 2 is 1.90 bits per heavy atom. The van der Waals surface area contributed by atoms with Crippen LogP contribution < -0.4 is 0 Å². The number of carbonyl (C=O) groups excluding carboxylic acids is 1. The monoisotopic (exact) mass is 373 g/mol. The number of amides is 1. The molecule has 0 saturated carbocycles. The highest BCUT2D eigenvalue weighted by molar-refractivity contribution is 9.10. The molecule has 0 saturated heterocycles. The molecule has 0 aromatic heterocycles. The predicted octanol–water partition coefficient (Wildman–Crippen LogP) is 4.65. The van der Waals surface area contributed by atoms with Crippen LogP contribution in [0.5, 0.6) is 0 Å². The number of benzene rings is 2. The number of rotatable bonds is 3. The molecule has 0 unspecified atom stereocenters. The average Bonchev–Trinajstić information content (AvgIpc) is 2.44. The fourth-order valence-electron chi connectivity index (χ4n) is 1.85. The van der Waals surface area contributed by atoms with E-state index in [2.05, 4.69) is 15.9 Å². The second kappa shape index (κ2) is 6.54. The zero-order valence-corrected chi connectivity index (χ0v) is 13.4. The molecule has 2 rings (SSSR count). The maximum Gasteiger partial charge on any atom is 0.255 e. The van der Waals surface area contributed by atoms with Crippen molar-refractivity contribution in [3.63, 3.8) is 0 Å². The summed E-state index contributed by atoms with van der Waals surface area (Å²) in [4.78, 5) is 13.7. The molecule has 6 heteroatoms. The van der Waals surface area contributed by atoms with Gasteiger partial charge in [0, 0.05) is 18.1 Å². The summed E-state index contributed by atoms with van der Waals surface area (Å²) in [7, 11) is 1.57. The number of carbonyl (C=O) groups is 1. The van der Waals surface area contributed by atoms with Crippen molar-refractivity contribution in [3.05, 3.63) is 68.7 Å². The second-order valence-electron chi connectivity index (χ2n) is 4.53. The lowest BCUT2D eigenvalue weighted by Gasteiger charge is -2.18. The van der Waals surface area contributed by atoms with E-state index in [1.165, 1.54) is 11.0 Å². The Bertz CT molecular complexity index is 693. The van der Waals surface area contributed by atoms with Crippen LogP contribution >= 0.6 is 27.5 Å². The van der Waals surface area contributed by atoms with Gasteiger partial charge in [0.2, 0.25) is 0 Å². The topological polar surface area (TPSA) is 20.3 Å². The SMILES string of the molecule is CN(Cc1ccc(F)c(F)c1)C(=O)c1cc(Br)ccc1Cl. The van der Waals surface area contributed by atoms with Gasteiger partial charge in [-0.25, -0.2) is 8.78 Å². The van der Waals surface area contributed by atoms with Crippen LogP contribution in [0.3, 0.4) is 0 Å². The van der Waals surface area contributed by atoms with Crippen molar-refractivity contribution >= 4 is 33.4 Å². The molecule has 2 nitrogen and oxygen atoms in total. The molecule has 0 bridgehead atoms. The van der Waals surface area contributed by atoms with Gasteiger partial charge in [-0.3, -0.25) is 4.79 Å². The Balaban J connectivity index is 2.19. The first-order valence-electron chi connectivity index (χ1n) is 6.03. The average molecular weight is 375 g/mol.